The van der Waals surface area contributed by atoms with E-state index in [0.717, 1.165) is 18.6 Å². The van der Waals surface area contributed by atoms with Gasteiger partial charge in [0, 0.05) is 6.42 Å². The number of aliphatic carboxylic acids is 1. The first-order chi connectivity index (χ1) is 7.59. The van der Waals surface area contributed by atoms with Gasteiger partial charge >= 0.3 is 5.97 Å². The lowest BCUT2D eigenvalue weighted by molar-refractivity contribution is -0.142. The first-order valence-corrected chi connectivity index (χ1v) is 5.84. The number of rotatable bonds is 7. The molecule has 0 radical (unpaired) electrons. The summed E-state index contributed by atoms with van der Waals surface area (Å²) in [6.07, 6.45) is 4.72. The number of carboxylic acid groups (broad SMARTS) is 1. The van der Waals surface area contributed by atoms with Gasteiger partial charge < -0.3 is 9.52 Å². The maximum atomic E-state index is 11.0. The van der Waals surface area contributed by atoms with E-state index in [1.54, 1.807) is 6.26 Å². The van der Waals surface area contributed by atoms with Crippen molar-refractivity contribution in [1.29, 1.82) is 0 Å². The summed E-state index contributed by atoms with van der Waals surface area (Å²) in [5.74, 6) is 0.501. The van der Waals surface area contributed by atoms with Crippen LogP contribution in [0.1, 0.15) is 38.9 Å². The average Bonchev–Trinajstić information content (AvgIpc) is 2.69. The van der Waals surface area contributed by atoms with Crippen LogP contribution in [0.4, 0.5) is 0 Å². The topological polar surface area (TPSA) is 50.4 Å². The largest absolute Gasteiger partial charge is 0.481 e. The minimum Gasteiger partial charge on any atom is -0.481 e. The zero-order valence-electron chi connectivity index (χ0n) is 9.98. The third-order valence-electron chi connectivity index (χ3n) is 2.76. The second-order valence-corrected chi connectivity index (χ2v) is 4.62. The molecule has 0 aliphatic heterocycles. The Morgan fingerprint density at radius 2 is 2.12 bits per heavy atom. The van der Waals surface area contributed by atoms with E-state index < -0.39 is 5.97 Å². The Morgan fingerprint density at radius 1 is 1.38 bits per heavy atom. The van der Waals surface area contributed by atoms with Crippen LogP contribution in [0.5, 0.6) is 0 Å². The fourth-order valence-electron chi connectivity index (χ4n) is 1.70. The minimum atomic E-state index is -0.688. The van der Waals surface area contributed by atoms with Crippen LogP contribution < -0.4 is 0 Å². The molecule has 1 rings (SSSR count). The highest BCUT2D eigenvalue weighted by atomic mass is 16.4. The van der Waals surface area contributed by atoms with E-state index >= 15 is 0 Å². The molecular formula is C13H20O3. The number of hydrogen-bond acceptors (Lipinski definition) is 2. The highest BCUT2D eigenvalue weighted by molar-refractivity contribution is 5.69. The van der Waals surface area contributed by atoms with Crippen LogP contribution in [0.3, 0.4) is 0 Å². The first kappa shape index (κ1) is 12.8. The summed E-state index contributed by atoms with van der Waals surface area (Å²) in [6.45, 7) is 4.23. The van der Waals surface area contributed by atoms with E-state index in [0.29, 0.717) is 18.8 Å². The Bertz CT molecular complexity index is 301. The van der Waals surface area contributed by atoms with E-state index in [9.17, 15) is 4.79 Å². The van der Waals surface area contributed by atoms with Crippen LogP contribution in [-0.4, -0.2) is 11.1 Å². The Hall–Kier alpha value is -1.25. The molecule has 0 saturated heterocycles. The number of hydrogen-bond donors (Lipinski definition) is 1. The van der Waals surface area contributed by atoms with Gasteiger partial charge in [-0.25, -0.2) is 0 Å². The summed E-state index contributed by atoms with van der Waals surface area (Å²) >= 11 is 0. The molecule has 1 heterocycles. The molecule has 1 aromatic heterocycles. The molecule has 1 aromatic rings. The Labute approximate surface area is 96.5 Å². The lowest BCUT2D eigenvalue weighted by Gasteiger charge is -2.12. The van der Waals surface area contributed by atoms with Crippen molar-refractivity contribution in [3.05, 3.63) is 24.2 Å². The van der Waals surface area contributed by atoms with Crippen LogP contribution >= 0.6 is 0 Å². The van der Waals surface area contributed by atoms with Gasteiger partial charge in [-0.15, -0.1) is 0 Å². The summed E-state index contributed by atoms with van der Waals surface area (Å²) < 4.78 is 5.20. The number of aryl methyl sites for hydroxylation is 1. The fraction of sp³-hybridized carbons (Fsp3) is 0.615. The van der Waals surface area contributed by atoms with Crippen molar-refractivity contribution in [1.82, 2.24) is 0 Å². The summed E-state index contributed by atoms with van der Waals surface area (Å²) in [5, 5.41) is 9.08. The van der Waals surface area contributed by atoms with Crippen LogP contribution in [0, 0.1) is 11.8 Å². The normalized spacial score (nSPS) is 12.9. The molecule has 0 spiro atoms. The van der Waals surface area contributed by atoms with Gasteiger partial charge in [0.25, 0.3) is 0 Å². The van der Waals surface area contributed by atoms with Gasteiger partial charge in [-0.05, 0) is 30.9 Å². The van der Waals surface area contributed by atoms with Gasteiger partial charge in [-0.1, -0.05) is 20.3 Å². The zero-order chi connectivity index (χ0) is 12.0. The third kappa shape index (κ3) is 4.51. The Kier molecular flexibility index (Phi) is 5.09. The van der Waals surface area contributed by atoms with Crippen molar-refractivity contribution < 1.29 is 14.3 Å². The molecule has 1 N–H and O–H groups in total. The Morgan fingerprint density at radius 3 is 2.62 bits per heavy atom. The van der Waals surface area contributed by atoms with Crippen LogP contribution in [0.2, 0.25) is 0 Å². The van der Waals surface area contributed by atoms with Crippen molar-refractivity contribution in [2.24, 2.45) is 11.8 Å². The molecule has 0 fully saturated rings. The fourth-order valence-corrected chi connectivity index (χ4v) is 1.70. The molecule has 3 nitrogen and oxygen atoms in total. The molecule has 0 amide bonds. The van der Waals surface area contributed by atoms with Crippen LogP contribution in [0.15, 0.2) is 22.8 Å². The van der Waals surface area contributed by atoms with Crippen molar-refractivity contribution >= 4 is 5.97 Å². The number of carboxylic acids is 1. The predicted octanol–water partition coefficient (Wildman–Crippen LogP) is 3.35. The van der Waals surface area contributed by atoms with Crippen molar-refractivity contribution in [3.8, 4) is 0 Å². The molecule has 0 aromatic carbocycles. The quantitative estimate of drug-likeness (QED) is 0.772. The van der Waals surface area contributed by atoms with Gasteiger partial charge in [0.15, 0.2) is 0 Å². The maximum absolute atomic E-state index is 11.0. The Balaban J connectivity index is 2.36. The molecule has 90 valence electrons. The standard InChI is InChI=1S/C13H20O3/c1-10(2)5-6-11(13(14)15)7-8-12-4-3-9-16-12/h3-4,9-11H,5-8H2,1-2H3,(H,14,15). The predicted molar refractivity (Wildman–Crippen MR) is 62.2 cm³/mol. The molecular weight excluding hydrogens is 204 g/mol. The molecule has 16 heavy (non-hydrogen) atoms. The summed E-state index contributed by atoms with van der Waals surface area (Å²) in [7, 11) is 0. The van der Waals surface area contributed by atoms with Crippen molar-refractivity contribution in [3.63, 3.8) is 0 Å². The van der Waals surface area contributed by atoms with Gasteiger partial charge in [0.1, 0.15) is 5.76 Å². The lowest BCUT2D eigenvalue weighted by atomic mass is 9.93. The minimum absolute atomic E-state index is 0.243. The van der Waals surface area contributed by atoms with E-state index in [1.807, 2.05) is 12.1 Å². The first-order valence-electron chi connectivity index (χ1n) is 5.84. The number of furan rings is 1. The summed E-state index contributed by atoms with van der Waals surface area (Å²) in [4.78, 5) is 11.0. The molecule has 1 unspecified atom stereocenters. The van der Waals surface area contributed by atoms with Gasteiger partial charge in [-0.3, -0.25) is 4.79 Å². The average molecular weight is 224 g/mol. The van der Waals surface area contributed by atoms with E-state index in [-0.39, 0.29) is 5.92 Å². The van der Waals surface area contributed by atoms with Crippen molar-refractivity contribution in [2.45, 2.75) is 39.5 Å². The van der Waals surface area contributed by atoms with Gasteiger partial charge in [-0.2, -0.15) is 0 Å². The smallest absolute Gasteiger partial charge is 0.306 e. The summed E-state index contributed by atoms with van der Waals surface area (Å²) in [5.41, 5.74) is 0. The van der Waals surface area contributed by atoms with Gasteiger partial charge in [0.05, 0.1) is 12.2 Å². The highest BCUT2D eigenvalue weighted by Crippen LogP contribution is 2.18. The highest BCUT2D eigenvalue weighted by Gasteiger charge is 2.17. The summed E-state index contributed by atoms with van der Waals surface area (Å²) in [6, 6.07) is 3.72. The van der Waals surface area contributed by atoms with E-state index in [4.69, 9.17) is 9.52 Å². The SMILES string of the molecule is CC(C)CCC(CCc1ccco1)C(=O)O. The third-order valence-corrected chi connectivity index (χ3v) is 2.76. The van der Waals surface area contributed by atoms with Crippen LogP contribution in [-0.2, 0) is 11.2 Å². The molecule has 0 aliphatic carbocycles. The molecule has 0 aliphatic rings. The monoisotopic (exact) mass is 224 g/mol. The lowest BCUT2D eigenvalue weighted by Crippen LogP contribution is -2.15. The van der Waals surface area contributed by atoms with Crippen LogP contribution in [0.25, 0.3) is 0 Å². The zero-order valence-corrected chi connectivity index (χ0v) is 9.98. The second kappa shape index (κ2) is 6.36. The number of carbonyl (C=O) groups is 1. The molecule has 0 saturated carbocycles. The van der Waals surface area contributed by atoms with E-state index in [2.05, 4.69) is 13.8 Å². The molecule has 1 atom stereocenters. The van der Waals surface area contributed by atoms with Gasteiger partial charge in [0.2, 0.25) is 0 Å². The second-order valence-electron chi connectivity index (χ2n) is 4.62. The van der Waals surface area contributed by atoms with E-state index in [1.165, 1.54) is 0 Å². The molecule has 0 bridgehead atoms. The molecule has 3 heteroatoms. The van der Waals surface area contributed by atoms with Crippen molar-refractivity contribution in [2.75, 3.05) is 0 Å². The maximum Gasteiger partial charge on any atom is 0.306 e.